The lowest BCUT2D eigenvalue weighted by Gasteiger charge is -2.17. The largest absolute Gasteiger partial charge is 0.467 e. The van der Waals surface area contributed by atoms with Gasteiger partial charge in [0.25, 0.3) is 5.91 Å². The maximum absolute atomic E-state index is 13.1. The number of rotatable bonds is 6. The van der Waals surface area contributed by atoms with Gasteiger partial charge >= 0.3 is 11.6 Å². The number of esters is 1. The zero-order valence-electron chi connectivity index (χ0n) is 19.6. The average molecular weight is 478 g/mol. The number of nitrogens with one attached hydrogen (secondary N) is 1. The molecule has 1 heterocycles. The fourth-order valence-electron chi connectivity index (χ4n) is 4.27. The number of carbonyl (C=O) groups excluding carboxylic acids is 2. The molecule has 0 unspecified atom stereocenters. The Balaban J connectivity index is 1.41. The number of hydrogen-bond acceptors (Lipinski definition) is 5. The van der Waals surface area contributed by atoms with Gasteiger partial charge in [0, 0.05) is 17.4 Å². The predicted octanol–water partition coefficient (Wildman–Crippen LogP) is 5.13. The molecule has 36 heavy (non-hydrogen) atoms. The molecule has 0 saturated heterocycles. The Bertz CT molecular complexity index is 1650. The fourth-order valence-corrected chi connectivity index (χ4v) is 4.27. The van der Waals surface area contributed by atoms with Crippen molar-refractivity contribution in [1.29, 1.82) is 0 Å². The predicted molar refractivity (Wildman–Crippen MR) is 139 cm³/mol. The molecule has 178 valence electrons. The summed E-state index contributed by atoms with van der Waals surface area (Å²) >= 11 is 0. The first-order valence-electron chi connectivity index (χ1n) is 11.5. The summed E-state index contributed by atoms with van der Waals surface area (Å²) in [4.78, 5) is 38.2. The molecule has 0 radical (unpaired) electrons. The summed E-state index contributed by atoms with van der Waals surface area (Å²) in [6, 6.07) is 28.6. The molecule has 0 aliphatic carbocycles. The molecule has 6 nitrogen and oxygen atoms in total. The smallest absolute Gasteiger partial charge is 0.344 e. The average Bonchev–Trinajstić information content (AvgIpc) is 2.91. The summed E-state index contributed by atoms with van der Waals surface area (Å²) in [5, 5.41) is 5.71. The van der Waals surface area contributed by atoms with E-state index in [0.717, 1.165) is 21.7 Å². The molecule has 1 atom stereocenters. The zero-order valence-corrected chi connectivity index (χ0v) is 19.6. The molecule has 1 N–H and O–H groups in total. The SMILES string of the molecule is COC(=O)[C@H](Cc1ccc2ccccc2c1)NC(=O)c1cccc(-c2cc3ccccc3oc2=O)c1. The van der Waals surface area contributed by atoms with Crippen molar-refractivity contribution in [3.63, 3.8) is 0 Å². The molecule has 0 aliphatic heterocycles. The summed E-state index contributed by atoms with van der Waals surface area (Å²) < 4.78 is 10.4. The first-order valence-corrected chi connectivity index (χ1v) is 11.5. The number of methoxy groups -OCH3 is 1. The minimum Gasteiger partial charge on any atom is -0.467 e. The standard InChI is InChI=1S/C30H23NO5/c1-35-30(34)26(16-19-13-14-20-7-2-3-8-21(20)15-19)31-28(32)24-11-6-10-22(17-24)25-18-23-9-4-5-12-27(23)36-29(25)33/h2-15,17-18,26H,16H2,1H3,(H,31,32)/t26-/m0/s1. The molecule has 0 aliphatic rings. The van der Waals surface area contributed by atoms with E-state index < -0.39 is 23.5 Å². The van der Waals surface area contributed by atoms with Crippen LogP contribution in [0.2, 0.25) is 0 Å². The molecular formula is C30H23NO5. The number of benzene rings is 4. The zero-order chi connectivity index (χ0) is 25.1. The van der Waals surface area contributed by atoms with Crippen molar-refractivity contribution in [2.75, 3.05) is 7.11 Å². The topological polar surface area (TPSA) is 85.6 Å². The van der Waals surface area contributed by atoms with E-state index in [2.05, 4.69) is 5.32 Å². The van der Waals surface area contributed by atoms with Gasteiger partial charge in [-0.25, -0.2) is 9.59 Å². The molecule has 0 fully saturated rings. The first kappa shape index (κ1) is 23.1. The lowest BCUT2D eigenvalue weighted by molar-refractivity contribution is -0.142. The maximum atomic E-state index is 13.1. The van der Waals surface area contributed by atoms with Crippen LogP contribution >= 0.6 is 0 Å². The second kappa shape index (κ2) is 9.88. The van der Waals surface area contributed by atoms with Crippen molar-refractivity contribution >= 4 is 33.6 Å². The van der Waals surface area contributed by atoms with Crippen LogP contribution in [0.4, 0.5) is 0 Å². The molecule has 5 rings (SSSR count). The van der Waals surface area contributed by atoms with Crippen LogP contribution in [0.15, 0.2) is 106 Å². The highest BCUT2D eigenvalue weighted by Gasteiger charge is 2.23. The summed E-state index contributed by atoms with van der Waals surface area (Å²) in [5.74, 6) is -0.985. The second-order valence-corrected chi connectivity index (χ2v) is 8.50. The minimum absolute atomic E-state index is 0.275. The molecule has 4 aromatic carbocycles. The highest BCUT2D eigenvalue weighted by molar-refractivity contribution is 5.98. The van der Waals surface area contributed by atoms with Crippen molar-refractivity contribution in [3.05, 3.63) is 119 Å². The van der Waals surface area contributed by atoms with Crippen LogP contribution in [0.1, 0.15) is 15.9 Å². The monoisotopic (exact) mass is 477 g/mol. The number of para-hydroxylation sites is 1. The van der Waals surface area contributed by atoms with Gasteiger partial charge in [0.2, 0.25) is 0 Å². The van der Waals surface area contributed by atoms with Gasteiger partial charge in [0.05, 0.1) is 12.7 Å². The van der Waals surface area contributed by atoms with Crippen molar-refractivity contribution in [2.45, 2.75) is 12.5 Å². The van der Waals surface area contributed by atoms with Crippen LogP contribution in [0.25, 0.3) is 32.9 Å². The molecule has 0 saturated carbocycles. The molecule has 1 aromatic heterocycles. The van der Waals surface area contributed by atoms with Crippen LogP contribution in [-0.4, -0.2) is 25.0 Å². The van der Waals surface area contributed by atoms with E-state index in [1.165, 1.54) is 7.11 Å². The second-order valence-electron chi connectivity index (χ2n) is 8.50. The van der Waals surface area contributed by atoms with Gasteiger partial charge in [-0.2, -0.15) is 0 Å². The summed E-state index contributed by atoms with van der Waals surface area (Å²) in [7, 11) is 1.29. The number of carbonyl (C=O) groups is 2. The van der Waals surface area contributed by atoms with E-state index in [1.54, 1.807) is 42.5 Å². The Morgan fingerprint density at radius 3 is 2.39 bits per heavy atom. The molecule has 0 spiro atoms. The number of fused-ring (bicyclic) bond motifs is 2. The van der Waals surface area contributed by atoms with Gasteiger partial charge in [-0.3, -0.25) is 4.79 Å². The van der Waals surface area contributed by atoms with Crippen LogP contribution in [-0.2, 0) is 16.0 Å². The number of hydrogen-bond donors (Lipinski definition) is 1. The van der Waals surface area contributed by atoms with Crippen molar-refractivity contribution in [2.24, 2.45) is 0 Å². The highest BCUT2D eigenvalue weighted by atomic mass is 16.5. The van der Waals surface area contributed by atoms with Crippen molar-refractivity contribution in [1.82, 2.24) is 5.32 Å². The lowest BCUT2D eigenvalue weighted by Crippen LogP contribution is -2.43. The van der Waals surface area contributed by atoms with Gasteiger partial charge in [0.1, 0.15) is 11.6 Å². The summed E-state index contributed by atoms with van der Waals surface area (Å²) in [6.45, 7) is 0. The van der Waals surface area contributed by atoms with E-state index in [9.17, 15) is 14.4 Å². The lowest BCUT2D eigenvalue weighted by atomic mass is 10.0. The molecule has 0 bridgehead atoms. The van der Waals surface area contributed by atoms with Crippen LogP contribution < -0.4 is 10.9 Å². The Hall–Kier alpha value is -4.71. The van der Waals surface area contributed by atoms with E-state index >= 15 is 0 Å². The Labute approximate surface area is 207 Å². The molecule has 5 aromatic rings. The highest BCUT2D eigenvalue weighted by Crippen LogP contribution is 2.22. The van der Waals surface area contributed by atoms with Crippen LogP contribution in [0, 0.1) is 0 Å². The molecular weight excluding hydrogens is 454 g/mol. The summed E-state index contributed by atoms with van der Waals surface area (Å²) in [6.07, 6.45) is 0.275. The van der Waals surface area contributed by atoms with Gasteiger partial charge < -0.3 is 14.5 Å². The van der Waals surface area contributed by atoms with Gasteiger partial charge in [-0.15, -0.1) is 0 Å². The maximum Gasteiger partial charge on any atom is 0.344 e. The van der Waals surface area contributed by atoms with Gasteiger partial charge in [0.15, 0.2) is 0 Å². The van der Waals surface area contributed by atoms with Gasteiger partial charge in [-0.05, 0) is 46.2 Å². The first-order chi connectivity index (χ1) is 17.5. The van der Waals surface area contributed by atoms with E-state index in [-0.39, 0.29) is 6.42 Å². The third-order valence-corrected chi connectivity index (χ3v) is 6.12. The van der Waals surface area contributed by atoms with E-state index in [1.807, 2.05) is 54.6 Å². The van der Waals surface area contributed by atoms with Crippen molar-refractivity contribution in [3.8, 4) is 11.1 Å². The normalized spacial score (nSPS) is 11.8. The Kier molecular flexibility index (Phi) is 6.33. The fraction of sp³-hybridized carbons (Fsp3) is 0.100. The van der Waals surface area contributed by atoms with Crippen LogP contribution in [0.3, 0.4) is 0 Å². The molecule has 6 heteroatoms. The van der Waals surface area contributed by atoms with E-state index in [0.29, 0.717) is 22.3 Å². The molecule has 1 amide bonds. The Morgan fingerprint density at radius 1 is 0.833 bits per heavy atom. The number of ether oxygens (including phenoxy) is 1. The van der Waals surface area contributed by atoms with E-state index in [4.69, 9.17) is 9.15 Å². The van der Waals surface area contributed by atoms with Crippen molar-refractivity contribution < 1.29 is 18.7 Å². The quantitative estimate of drug-likeness (QED) is 0.271. The third kappa shape index (κ3) is 4.74. The minimum atomic E-state index is -0.877. The summed E-state index contributed by atoms with van der Waals surface area (Å²) in [5.41, 5.74) is 2.11. The Morgan fingerprint density at radius 2 is 1.58 bits per heavy atom. The van der Waals surface area contributed by atoms with Crippen LogP contribution in [0.5, 0.6) is 0 Å². The van der Waals surface area contributed by atoms with Gasteiger partial charge in [-0.1, -0.05) is 72.8 Å². The third-order valence-electron chi connectivity index (χ3n) is 6.12. The number of amides is 1.